The first-order valence-corrected chi connectivity index (χ1v) is 2.80. The van der Waals surface area contributed by atoms with E-state index >= 15 is 0 Å². The Morgan fingerprint density at radius 3 is 1.90 bits per heavy atom. The van der Waals surface area contributed by atoms with Gasteiger partial charge in [0.1, 0.15) is 0 Å². The van der Waals surface area contributed by atoms with E-state index in [0.29, 0.717) is 0 Å². The van der Waals surface area contributed by atoms with Gasteiger partial charge in [0, 0.05) is 6.42 Å². The highest BCUT2D eigenvalue weighted by Gasteiger charge is 2.11. The second-order valence-corrected chi connectivity index (χ2v) is 2.33. The van der Waals surface area contributed by atoms with E-state index < -0.39 is 11.8 Å². The molecule has 60 valence electrons. The fourth-order valence-electron chi connectivity index (χ4n) is 0.458. The Morgan fingerprint density at radius 2 is 1.80 bits per heavy atom. The highest BCUT2D eigenvalue weighted by atomic mass is 16.4. The highest BCUT2D eigenvalue weighted by Crippen LogP contribution is 1.99. The third-order valence-electron chi connectivity index (χ3n) is 0.832. The van der Waals surface area contributed by atoms with Crippen molar-refractivity contribution in [3.8, 4) is 0 Å². The molecule has 4 N–H and O–H groups in total. The van der Waals surface area contributed by atoms with E-state index in [2.05, 4.69) is 0 Å². The number of carboxylic acid groups (broad SMARTS) is 1. The SMILES string of the molecule is CC(C)CC(=O)C(=O)O.N. The molecule has 4 heteroatoms. The molecule has 0 atom stereocenters. The van der Waals surface area contributed by atoms with Gasteiger partial charge in [0.25, 0.3) is 0 Å². The number of aliphatic carboxylic acids is 1. The molecule has 10 heavy (non-hydrogen) atoms. The van der Waals surface area contributed by atoms with Gasteiger partial charge < -0.3 is 11.3 Å². The van der Waals surface area contributed by atoms with Crippen LogP contribution < -0.4 is 6.15 Å². The first-order valence-electron chi connectivity index (χ1n) is 2.80. The van der Waals surface area contributed by atoms with Crippen LogP contribution in [0.15, 0.2) is 0 Å². The lowest BCUT2D eigenvalue weighted by atomic mass is 10.1. The van der Waals surface area contributed by atoms with E-state index in [4.69, 9.17) is 5.11 Å². The third kappa shape index (κ3) is 5.24. The molecule has 0 aromatic heterocycles. The quantitative estimate of drug-likeness (QED) is 0.579. The van der Waals surface area contributed by atoms with E-state index in [0.717, 1.165) is 0 Å². The van der Waals surface area contributed by atoms with Crippen LogP contribution >= 0.6 is 0 Å². The lowest BCUT2D eigenvalue weighted by molar-refractivity contribution is -0.149. The lowest BCUT2D eigenvalue weighted by Crippen LogP contribution is -2.14. The van der Waals surface area contributed by atoms with E-state index in [1.807, 2.05) is 0 Å². The molecule has 0 bridgehead atoms. The molecule has 4 nitrogen and oxygen atoms in total. The molecule has 0 spiro atoms. The van der Waals surface area contributed by atoms with E-state index in [1.165, 1.54) is 0 Å². The summed E-state index contributed by atoms with van der Waals surface area (Å²) in [5, 5.41) is 8.08. The predicted octanol–water partition coefficient (Wildman–Crippen LogP) is 0.848. The maximum atomic E-state index is 10.4. The first kappa shape index (κ1) is 11.8. The zero-order valence-electron chi connectivity index (χ0n) is 6.26. The number of carbonyl (C=O) groups excluding carboxylic acids is 1. The number of hydrogen-bond acceptors (Lipinski definition) is 3. The van der Waals surface area contributed by atoms with Crippen molar-refractivity contribution in [3.05, 3.63) is 0 Å². The summed E-state index contributed by atoms with van der Waals surface area (Å²) in [6.07, 6.45) is 0.134. The van der Waals surface area contributed by atoms with Gasteiger partial charge in [-0.3, -0.25) is 4.79 Å². The van der Waals surface area contributed by atoms with Crippen molar-refractivity contribution in [1.82, 2.24) is 6.15 Å². The van der Waals surface area contributed by atoms with Crippen LogP contribution in [0.4, 0.5) is 0 Å². The second kappa shape index (κ2) is 4.93. The summed E-state index contributed by atoms with van der Waals surface area (Å²) >= 11 is 0. The van der Waals surface area contributed by atoms with Gasteiger partial charge in [0.15, 0.2) is 0 Å². The van der Waals surface area contributed by atoms with Crippen LogP contribution in [-0.4, -0.2) is 16.9 Å². The standard InChI is InChI=1S/C6H10O3.H3N/c1-4(2)3-5(7)6(8)9;/h4H,3H2,1-2H3,(H,8,9);1H3. The summed E-state index contributed by atoms with van der Waals surface area (Å²) in [6, 6.07) is 0. The number of carbonyl (C=O) groups is 2. The van der Waals surface area contributed by atoms with Gasteiger partial charge in [-0.25, -0.2) is 4.79 Å². The molecule has 0 unspecified atom stereocenters. The topological polar surface area (TPSA) is 89.4 Å². The summed E-state index contributed by atoms with van der Waals surface area (Å²) < 4.78 is 0. The molecule has 0 radical (unpaired) electrons. The number of carboxylic acids is 1. The van der Waals surface area contributed by atoms with Gasteiger partial charge in [-0.05, 0) is 5.92 Å². The average Bonchev–Trinajstić information content (AvgIpc) is 1.63. The van der Waals surface area contributed by atoms with Crippen LogP contribution in [0.5, 0.6) is 0 Å². The Labute approximate surface area is 59.8 Å². The number of Topliss-reactive ketones (excluding diaryl/α,β-unsaturated/α-hetero) is 1. The zero-order valence-corrected chi connectivity index (χ0v) is 6.26. The molecule has 0 saturated carbocycles. The van der Waals surface area contributed by atoms with Crippen LogP contribution in [0.2, 0.25) is 0 Å². The molecule has 0 rings (SSSR count). The normalized spacial score (nSPS) is 8.70. The largest absolute Gasteiger partial charge is 0.476 e. The number of hydrogen-bond donors (Lipinski definition) is 2. The van der Waals surface area contributed by atoms with Crippen molar-refractivity contribution in [3.63, 3.8) is 0 Å². The molecule has 0 aromatic rings. The van der Waals surface area contributed by atoms with Gasteiger partial charge in [0.2, 0.25) is 5.78 Å². The maximum Gasteiger partial charge on any atom is 0.372 e. The fourth-order valence-corrected chi connectivity index (χ4v) is 0.458. The van der Waals surface area contributed by atoms with Crippen LogP contribution in [0.3, 0.4) is 0 Å². The third-order valence-corrected chi connectivity index (χ3v) is 0.832. The van der Waals surface area contributed by atoms with Gasteiger partial charge >= 0.3 is 5.97 Å². The van der Waals surface area contributed by atoms with Crippen molar-refractivity contribution in [1.29, 1.82) is 0 Å². The van der Waals surface area contributed by atoms with Gasteiger partial charge in [-0.15, -0.1) is 0 Å². The lowest BCUT2D eigenvalue weighted by Gasteiger charge is -1.97. The first-order chi connectivity index (χ1) is 4.04. The monoisotopic (exact) mass is 147 g/mol. The van der Waals surface area contributed by atoms with Gasteiger partial charge in [0.05, 0.1) is 0 Å². The average molecular weight is 147 g/mol. The summed E-state index contributed by atoms with van der Waals surface area (Å²) in [4.78, 5) is 20.2. The molecule has 0 aliphatic carbocycles. The summed E-state index contributed by atoms with van der Waals surface area (Å²) in [5.74, 6) is -1.90. The maximum absolute atomic E-state index is 10.4. The van der Waals surface area contributed by atoms with Crippen molar-refractivity contribution in [2.24, 2.45) is 5.92 Å². The Morgan fingerprint density at radius 1 is 1.40 bits per heavy atom. The van der Waals surface area contributed by atoms with Gasteiger partial charge in [-0.2, -0.15) is 0 Å². The molecule has 0 aliphatic heterocycles. The Bertz CT molecular complexity index is 131. The van der Waals surface area contributed by atoms with Crippen LogP contribution in [-0.2, 0) is 9.59 Å². The van der Waals surface area contributed by atoms with Crippen LogP contribution in [0.1, 0.15) is 20.3 Å². The molecule has 0 saturated heterocycles. The molecule has 0 aliphatic rings. The Kier molecular flexibility index (Phi) is 5.84. The van der Waals surface area contributed by atoms with Crippen molar-refractivity contribution in [2.75, 3.05) is 0 Å². The van der Waals surface area contributed by atoms with E-state index in [-0.39, 0.29) is 18.5 Å². The van der Waals surface area contributed by atoms with Crippen molar-refractivity contribution >= 4 is 11.8 Å². The van der Waals surface area contributed by atoms with Crippen LogP contribution in [0, 0.1) is 5.92 Å². The molecule has 0 amide bonds. The second-order valence-electron chi connectivity index (χ2n) is 2.33. The number of ketones is 1. The van der Waals surface area contributed by atoms with Crippen molar-refractivity contribution in [2.45, 2.75) is 20.3 Å². The molecule has 0 heterocycles. The summed E-state index contributed by atoms with van der Waals surface area (Å²) in [7, 11) is 0. The Balaban J connectivity index is 0. The minimum Gasteiger partial charge on any atom is -0.476 e. The van der Waals surface area contributed by atoms with Gasteiger partial charge in [-0.1, -0.05) is 13.8 Å². The zero-order chi connectivity index (χ0) is 7.44. The fraction of sp³-hybridized carbons (Fsp3) is 0.667. The van der Waals surface area contributed by atoms with E-state index in [9.17, 15) is 9.59 Å². The van der Waals surface area contributed by atoms with E-state index in [1.54, 1.807) is 13.8 Å². The minimum absolute atomic E-state index is 0. The highest BCUT2D eigenvalue weighted by molar-refractivity contribution is 6.32. The minimum atomic E-state index is -1.33. The summed E-state index contributed by atoms with van der Waals surface area (Å²) in [5.41, 5.74) is 0. The van der Waals surface area contributed by atoms with Crippen molar-refractivity contribution < 1.29 is 14.7 Å². The Hall–Kier alpha value is -0.900. The molecular formula is C6H13NO3. The smallest absolute Gasteiger partial charge is 0.372 e. The molecular weight excluding hydrogens is 134 g/mol. The summed E-state index contributed by atoms with van der Waals surface area (Å²) in [6.45, 7) is 3.61. The molecule has 0 fully saturated rings. The predicted molar refractivity (Wildman–Crippen MR) is 37.1 cm³/mol. The molecule has 0 aromatic carbocycles. The number of rotatable bonds is 3. The van der Waals surface area contributed by atoms with Crippen LogP contribution in [0.25, 0.3) is 0 Å².